The molecule has 0 saturated carbocycles. The number of urea groups is 1. The Labute approximate surface area is 107 Å². The van der Waals surface area contributed by atoms with Crippen molar-refractivity contribution >= 4 is 6.03 Å². The highest BCUT2D eigenvalue weighted by molar-refractivity contribution is 5.73. The van der Waals surface area contributed by atoms with Crippen LogP contribution in [0, 0.1) is 5.92 Å². The summed E-state index contributed by atoms with van der Waals surface area (Å²) >= 11 is 0. The van der Waals surface area contributed by atoms with Crippen LogP contribution in [0.15, 0.2) is 24.4 Å². The van der Waals surface area contributed by atoms with Gasteiger partial charge >= 0.3 is 6.03 Å². The molecular formula is C13H19N3O2. The lowest BCUT2D eigenvalue weighted by atomic mass is 10.0. The van der Waals surface area contributed by atoms with Crippen LogP contribution < -0.4 is 10.6 Å². The van der Waals surface area contributed by atoms with E-state index in [2.05, 4.69) is 15.6 Å². The summed E-state index contributed by atoms with van der Waals surface area (Å²) in [6, 6.07) is 5.52. The van der Waals surface area contributed by atoms with Crippen LogP contribution in [0.2, 0.25) is 0 Å². The summed E-state index contributed by atoms with van der Waals surface area (Å²) < 4.78 is 5.28. The van der Waals surface area contributed by atoms with Gasteiger partial charge in [0.25, 0.3) is 0 Å². The Balaban J connectivity index is 1.63. The number of nitrogens with zero attached hydrogens (tertiary/aromatic N) is 1. The summed E-state index contributed by atoms with van der Waals surface area (Å²) in [5.41, 5.74) is 0.860. The Kier molecular flexibility index (Phi) is 4.96. The molecule has 1 aromatic rings. The number of aromatic nitrogens is 1. The van der Waals surface area contributed by atoms with Crippen molar-refractivity contribution in [2.75, 3.05) is 19.8 Å². The largest absolute Gasteiger partial charge is 0.381 e. The van der Waals surface area contributed by atoms with E-state index in [0.717, 1.165) is 38.3 Å². The molecule has 0 aliphatic carbocycles. The van der Waals surface area contributed by atoms with Gasteiger partial charge in [0.2, 0.25) is 0 Å². The van der Waals surface area contributed by atoms with Crippen molar-refractivity contribution < 1.29 is 9.53 Å². The Morgan fingerprint density at radius 3 is 2.89 bits per heavy atom. The number of hydrogen-bond donors (Lipinski definition) is 2. The first kappa shape index (κ1) is 12.8. The van der Waals surface area contributed by atoms with E-state index in [1.165, 1.54) is 0 Å². The summed E-state index contributed by atoms with van der Waals surface area (Å²) in [6.07, 6.45) is 3.78. The fourth-order valence-electron chi connectivity index (χ4n) is 1.92. The molecular weight excluding hydrogens is 230 g/mol. The first-order chi connectivity index (χ1) is 8.84. The van der Waals surface area contributed by atoms with Crippen LogP contribution >= 0.6 is 0 Å². The number of pyridine rings is 1. The fourth-order valence-corrected chi connectivity index (χ4v) is 1.92. The monoisotopic (exact) mass is 249 g/mol. The zero-order valence-electron chi connectivity index (χ0n) is 10.4. The van der Waals surface area contributed by atoms with Crippen molar-refractivity contribution in [3.05, 3.63) is 30.1 Å². The van der Waals surface area contributed by atoms with Gasteiger partial charge in [0.1, 0.15) is 0 Å². The Hall–Kier alpha value is -1.62. The molecule has 0 radical (unpaired) electrons. The zero-order valence-corrected chi connectivity index (χ0v) is 10.4. The van der Waals surface area contributed by atoms with Gasteiger partial charge in [-0.05, 0) is 30.9 Å². The van der Waals surface area contributed by atoms with Crippen LogP contribution in [0.3, 0.4) is 0 Å². The molecule has 98 valence electrons. The van der Waals surface area contributed by atoms with Gasteiger partial charge in [0, 0.05) is 26.0 Å². The second-order valence-electron chi connectivity index (χ2n) is 4.44. The van der Waals surface area contributed by atoms with Gasteiger partial charge in [-0.3, -0.25) is 4.98 Å². The first-order valence-corrected chi connectivity index (χ1v) is 6.34. The summed E-state index contributed by atoms with van der Waals surface area (Å²) in [5.74, 6) is 0.541. The molecule has 0 aromatic carbocycles. The number of nitrogens with one attached hydrogen (secondary N) is 2. The number of rotatable bonds is 4. The van der Waals surface area contributed by atoms with Crippen molar-refractivity contribution in [2.24, 2.45) is 5.92 Å². The topological polar surface area (TPSA) is 63.2 Å². The van der Waals surface area contributed by atoms with Gasteiger partial charge in [-0.2, -0.15) is 0 Å². The molecule has 2 heterocycles. The fraction of sp³-hybridized carbons (Fsp3) is 0.538. The average molecular weight is 249 g/mol. The molecule has 1 aliphatic heterocycles. The van der Waals surface area contributed by atoms with Crippen LogP contribution in [0.25, 0.3) is 0 Å². The minimum atomic E-state index is -0.132. The molecule has 2 amide bonds. The minimum absolute atomic E-state index is 0.132. The smallest absolute Gasteiger partial charge is 0.315 e. The van der Waals surface area contributed by atoms with E-state index >= 15 is 0 Å². The second kappa shape index (κ2) is 6.96. The van der Waals surface area contributed by atoms with Gasteiger partial charge in [-0.15, -0.1) is 0 Å². The SMILES string of the molecule is O=C(NCc1ccccn1)NCC1CCOCC1. The Bertz CT molecular complexity index is 364. The normalized spacial score (nSPS) is 16.2. The number of carbonyl (C=O) groups excluding carboxylic acids is 1. The lowest BCUT2D eigenvalue weighted by molar-refractivity contribution is 0.0669. The van der Waals surface area contributed by atoms with Gasteiger partial charge < -0.3 is 15.4 Å². The zero-order chi connectivity index (χ0) is 12.6. The third kappa shape index (κ3) is 4.33. The maximum absolute atomic E-state index is 11.6. The predicted molar refractivity (Wildman–Crippen MR) is 68.0 cm³/mol. The van der Waals surface area contributed by atoms with Gasteiger partial charge in [-0.1, -0.05) is 6.07 Å². The van der Waals surface area contributed by atoms with Crippen LogP contribution in [0.4, 0.5) is 4.79 Å². The lowest BCUT2D eigenvalue weighted by Gasteiger charge is -2.22. The Morgan fingerprint density at radius 2 is 2.17 bits per heavy atom. The molecule has 18 heavy (non-hydrogen) atoms. The van der Waals surface area contributed by atoms with Gasteiger partial charge in [0.05, 0.1) is 12.2 Å². The second-order valence-corrected chi connectivity index (χ2v) is 4.44. The number of hydrogen-bond acceptors (Lipinski definition) is 3. The van der Waals surface area contributed by atoms with E-state index < -0.39 is 0 Å². The van der Waals surface area contributed by atoms with Crippen LogP contribution in [0.1, 0.15) is 18.5 Å². The van der Waals surface area contributed by atoms with Crippen LogP contribution in [-0.2, 0) is 11.3 Å². The lowest BCUT2D eigenvalue weighted by Crippen LogP contribution is -2.39. The molecule has 0 atom stereocenters. The first-order valence-electron chi connectivity index (χ1n) is 6.34. The highest BCUT2D eigenvalue weighted by Gasteiger charge is 2.14. The molecule has 0 unspecified atom stereocenters. The maximum atomic E-state index is 11.6. The van der Waals surface area contributed by atoms with Gasteiger partial charge in [0.15, 0.2) is 0 Å². The van der Waals surface area contributed by atoms with Crippen molar-refractivity contribution in [1.29, 1.82) is 0 Å². The molecule has 1 aliphatic rings. The van der Waals surface area contributed by atoms with E-state index in [-0.39, 0.29) is 6.03 Å². The molecule has 1 fully saturated rings. The molecule has 5 heteroatoms. The van der Waals surface area contributed by atoms with Crippen LogP contribution in [0.5, 0.6) is 0 Å². The third-order valence-electron chi connectivity index (χ3n) is 3.05. The highest BCUT2D eigenvalue weighted by atomic mass is 16.5. The Morgan fingerprint density at radius 1 is 1.33 bits per heavy atom. The average Bonchev–Trinajstić information content (AvgIpc) is 2.45. The molecule has 1 saturated heterocycles. The summed E-state index contributed by atoms with van der Waals surface area (Å²) in [6.45, 7) is 2.79. The molecule has 0 spiro atoms. The number of carbonyl (C=O) groups is 1. The number of amides is 2. The third-order valence-corrected chi connectivity index (χ3v) is 3.05. The molecule has 2 N–H and O–H groups in total. The standard InChI is InChI=1S/C13H19N3O2/c17-13(15-9-11-4-7-18-8-5-11)16-10-12-3-1-2-6-14-12/h1-3,6,11H,4-5,7-10H2,(H2,15,16,17). The maximum Gasteiger partial charge on any atom is 0.315 e. The van der Waals surface area contributed by atoms with E-state index in [4.69, 9.17) is 4.74 Å². The molecule has 2 rings (SSSR count). The summed E-state index contributed by atoms with van der Waals surface area (Å²) in [5, 5.41) is 5.68. The molecule has 5 nitrogen and oxygen atoms in total. The van der Waals surface area contributed by atoms with E-state index in [1.807, 2.05) is 18.2 Å². The van der Waals surface area contributed by atoms with Crippen molar-refractivity contribution in [2.45, 2.75) is 19.4 Å². The summed E-state index contributed by atoms with van der Waals surface area (Å²) in [7, 11) is 0. The molecule has 1 aromatic heterocycles. The van der Waals surface area contributed by atoms with Crippen LogP contribution in [-0.4, -0.2) is 30.8 Å². The summed E-state index contributed by atoms with van der Waals surface area (Å²) in [4.78, 5) is 15.7. The van der Waals surface area contributed by atoms with E-state index in [1.54, 1.807) is 6.20 Å². The van der Waals surface area contributed by atoms with Crippen molar-refractivity contribution in [3.8, 4) is 0 Å². The molecule has 0 bridgehead atoms. The highest BCUT2D eigenvalue weighted by Crippen LogP contribution is 2.12. The van der Waals surface area contributed by atoms with Gasteiger partial charge in [-0.25, -0.2) is 4.79 Å². The van der Waals surface area contributed by atoms with Crippen molar-refractivity contribution in [1.82, 2.24) is 15.6 Å². The minimum Gasteiger partial charge on any atom is -0.381 e. The van der Waals surface area contributed by atoms with E-state index in [0.29, 0.717) is 12.5 Å². The predicted octanol–water partition coefficient (Wildman–Crippen LogP) is 1.31. The van der Waals surface area contributed by atoms with Crippen molar-refractivity contribution in [3.63, 3.8) is 0 Å². The van der Waals surface area contributed by atoms with E-state index in [9.17, 15) is 4.79 Å². The number of ether oxygens (including phenoxy) is 1. The quantitative estimate of drug-likeness (QED) is 0.845.